The molecular weight excluding hydrogens is 250 g/mol. The zero-order chi connectivity index (χ0) is 12.8. The summed E-state index contributed by atoms with van der Waals surface area (Å²) in [5, 5.41) is 0. The molecule has 0 radical (unpaired) electrons. The normalized spacial score (nSPS) is 11.2. The van der Waals surface area contributed by atoms with Gasteiger partial charge < -0.3 is 9.30 Å². The highest BCUT2D eigenvalue weighted by atomic mass is 35.5. The van der Waals surface area contributed by atoms with Gasteiger partial charge in [-0.2, -0.15) is 0 Å². The minimum absolute atomic E-state index is 0.394. The minimum atomic E-state index is 0.394. The average Bonchev–Trinajstić information content (AvgIpc) is 2.77. The summed E-state index contributed by atoms with van der Waals surface area (Å²) in [6.45, 7) is 4.39. The average molecular weight is 268 g/mol. The molecule has 0 aliphatic heterocycles. The number of rotatable bonds is 7. The molecule has 0 atom stereocenters. The second kappa shape index (κ2) is 6.71. The van der Waals surface area contributed by atoms with E-state index in [1.165, 1.54) is 0 Å². The summed E-state index contributed by atoms with van der Waals surface area (Å²) in [5.41, 5.74) is 1.77. The predicted molar refractivity (Wildman–Crippen MR) is 72.8 cm³/mol. The first kappa shape index (κ1) is 13.3. The molecule has 0 fully saturated rings. The summed E-state index contributed by atoms with van der Waals surface area (Å²) in [6.07, 6.45) is 4.03. The standard InChI is InChI=1S/C13H18ClN3O/c1-2-3-8-18-9-7-17-12(10-14)16-11-5-4-6-15-13(11)17/h4-6H,2-3,7-10H2,1H3. The van der Waals surface area contributed by atoms with Crippen LogP contribution in [0.3, 0.4) is 0 Å². The molecule has 0 aliphatic carbocycles. The van der Waals surface area contributed by atoms with Crippen molar-refractivity contribution in [2.45, 2.75) is 32.2 Å². The molecule has 2 aromatic rings. The lowest BCUT2D eigenvalue weighted by Gasteiger charge is -2.07. The Hall–Kier alpha value is -1.13. The topological polar surface area (TPSA) is 39.9 Å². The van der Waals surface area contributed by atoms with E-state index in [1.54, 1.807) is 6.20 Å². The lowest BCUT2D eigenvalue weighted by molar-refractivity contribution is 0.123. The summed E-state index contributed by atoms with van der Waals surface area (Å²) in [5.74, 6) is 1.25. The summed E-state index contributed by atoms with van der Waals surface area (Å²) in [7, 11) is 0. The molecule has 0 unspecified atom stereocenters. The van der Waals surface area contributed by atoms with Crippen molar-refractivity contribution in [3.05, 3.63) is 24.2 Å². The number of imidazole rings is 1. The third-order valence-electron chi connectivity index (χ3n) is 2.80. The van der Waals surface area contributed by atoms with Crippen molar-refractivity contribution in [3.63, 3.8) is 0 Å². The van der Waals surface area contributed by atoms with Crippen LogP contribution in [-0.4, -0.2) is 27.7 Å². The predicted octanol–water partition coefficient (Wildman–Crippen LogP) is 2.99. The molecule has 0 bridgehead atoms. The largest absolute Gasteiger partial charge is 0.380 e. The van der Waals surface area contributed by atoms with Crippen LogP contribution < -0.4 is 0 Å². The second-order valence-corrected chi connectivity index (χ2v) is 4.39. The Morgan fingerprint density at radius 1 is 1.39 bits per heavy atom. The number of fused-ring (bicyclic) bond motifs is 1. The molecule has 0 aliphatic rings. The van der Waals surface area contributed by atoms with Crippen molar-refractivity contribution < 1.29 is 4.74 Å². The first-order valence-corrected chi connectivity index (χ1v) is 6.84. The van der Waals surface area contributed by atoms with E-state index in [4.69, 9.17) is 16.3 Å². The SMILES string of the molecule is CCCCOCCn1c(CCl)nc2cccnc21. The van der Waals surface area contributed by atoms with Gasteiger partial charge in [-0.25, -0.2) is 9.97 Å². The number of nitrogens with zero attached hydrogens (tertiary/aromatic N) is 3. The Morgan fingerprint density at radius 3 is 3.06 bits per heavy atom. The van der Waals surface area contributed by atoms with Crippen molar-refractivity contribution in [2.24, 2.45) is 0 Å². The quantitative estimate of drug-likeness (QED) is 0.572. The van der Waals surface area contributed by atoms with Gasteiger partial charge in [0.1, 0.15) is 11.3 Å². The number of ether oxygens (including phenoxy) is 1. The van der Waals surface area contributed by atoms with E-state index in [0.29, 0.717) is 12.5 Å². The highest BCUT2D eigenvalue weighted by molar-refractivity contribution is 6.16. The third-order valence-corrected chi connectivity index (χ3v) is 3.04. The maximum Gasteiger partial charge on any atom is 0.160 e. The maximum atomic E-state index is 5.91. The van der Waals surface area contributed by atoms with Gasteiger partial charge in [0.25, 0.3) is 0 Å². The molecule has 2 heterocycles. The molecule has 0 saturated carbocycles. The zero-order valence-electron chi connectivity index (χ0n) is 10.6. The van der Waals surface area contributed by atoms with E-state index in [1.807, 2.05) is 16.7 Å². The van der Waals surface area contributed by atoms with Crippen molar-refractivity contribution >= 4 is 22.8 Å². The number of aromatic nitrogens is 3. The fraction of sp³-hybridized carbons (Fsp3) is 0.538. The summed E-state index contributed by atoms with van der Waals surface area (Å²) in [4.78, 5) is 8.81. The van der Waals surface area contributed by atoms with E-state index >= 15 is 0 Å². The van der Waals surface area contributed by atoms with Gasteiger partial charge in [-0.3, -0.25) is 0 Å². The van der Waals surface area contributed by atoms with Crippen molar-refractivity contribution in [1.29, 1.82) is 0 Å². The van der Waals surface area contributed by atoms with E-state index in [9.17, 15) is 0 Å². The Bertz CT molecular complexity index is 498. The van der Waals surface area contributed by atoms with E-state index in [-0.39, 0.29) is 0 Å². The molecule has 0 saturated heterocycles. The van der Waals surface area contributed by atoms with E-state index in [0.717, 1.165) is 43.0 Å². The van der Waals surface area contributed by atoms with Crippen LogP contribution in [0.2, 0.25) is 0 Å². The summed E-state index contributed by atoms with van der Waals surface area (Å²) >= 11 is 5.91. The van der Waals surface area contributed by atoms with Crippen LogP contribution in [0.4, 0.5) is 0 Å². The lowest BCUT2D eigenvalue weighted by atomic mass is 10.4. The molecule has 0 aromatic carbocycles. The van der Waals surface area contributed by atoms with Crippen LogP contribution in [0.15, 0.2) is 18.3 Å². The first-order valence-electron chi connectivity index (χ1n) is 6.30. The number of alkyl halides is 1. The molecule has 0 amide bonds. The van der Waals surface area contributed by atoms with Crippen LogP contribution in [-0.2, 0) is 17.2 Å². The summed E-state index contributed by atoms with van der Waals surface area (Å²) in [6, 6.07) is 3.84. The lowest BCUT2D eigenvalue weighted by Crippen LogP contribution is -2.09. The molecule has 0 N–H and O–H groups in total. The van der Waals surface area contributed by atoms with E-state index in [2.05, 4.69) is 16.9 Å². The number of halogens is 1. The van der Waals surface area contributed by atoms with Gasteiger partial charge in [-0.1, -0.05) is 13.3 Å². The van der Waals surface area contributed by atoms with Gasteiger partial charge in [-0.05, 0) is 18.6 Å². The van der Waals surface area contributed by atoms with Crippen molar-refractivity contribution in [1.82, 2.24) is 14.5 Å². The number of hydrogen-bond acceptors (Lipinski definition) is 3. The van der Waals surface area contributed by atoms with Gasteiger partial charge in [0.2, 0.25) is 0 Å². The van der Waals surface area contributed by atoms with Crippen LogP contribution in [0.25, 0.3) is 11.2 Å². The fourth-order valence-corrected chi connectivity index (χ4v) is 2.05. The molecular formula is C13H18ClN3O. The molecule has 5 heteroatoms. The Labute approximate surface area is 112 Å². The number of unbranched alkanes of at least 4 members (excludes halogenated alkanes) is 1. The molecule has 2 rings (SSSR count). The molecule has 18 heavy (non-hydrogen) atoms. The maximum absolute atomic E-state index is 5.91. The van der Waals surface area contributed by atoms with Gasteiger partial charge >= 0.3 is 0 Å². The molecule has 0 spiro atoms. The minimum Gasteiger partial charge on any atom is -0.380 e. The highest BCUT2D eigenvalue weighted by Gasteiger charge is 2.09. The Balaban J connectivity index is 2.06. The van der Waals surface area contributed by atoms with Crippen LogP contribution >= 0.6 is 11.6 Å². The Morgan fingerprint density at radius 2 is 2.28 bits per heavy atom. The monoisotopic (exact) mass is 267 g/mol. The van der Waals surface area contributed by atoms with Crippen molar-refractivity contribution in [3.8, 4) is 0 Å². The van der Waals surface area contributed by atoms with E-state index < -0.39 is 0 Å². The highest BCUT2D eigenvalue weighted by Crippen LogP contribution is 2.14. The van der Waals surface area contributed by atoms with Crippen LogP contribution in [0.1, 0.15) is 25.6 Å². The van der Waals surface area contributed by atoms with Crippen LogP contribution in [0.5, 0.6) is 0 Å². The molecule has 4 nitrogen and oxygen atoms in total. The van der Waals surface area contributed by atoms with Gasteiger partial charge in [0.15, 0.2) is 5.65 Å². The smallest absolute Gasteiger partial charge is 0.160 e. The molecule has 98 valence electrons. The van der Waals surface area contributed by atoms with Crippen molar-refractivity contribution in [2.75, 3.05) is 13.2 Å². The fourth-order valence-electron chi connectivity index (χ4n) is 1.85. The number of pyridine rings is 1. The zero-order valence-corrected chi connectivity index (χ0v) is 11.4. The first-order chi connectivity index (χ1) is 8.86. The van der Waals surface area contributed by atoms with Gasteiger partial charge in [0.05, 0.1) is 12.5 Å². The number of hydrogen-bond donors (Lipinski definition) is 0. The summed E-state index contributed by atoms with van der Waals surface area (Å²) < 4.78 is 7.61. The van der Waals surface area contributed by atoms with Gasteiger partial charge in [0, 0.05) is 19.3 Å². The Kier molecular flexibility index (Phi) is 4.96. The van der Waals surface area contributed by atoms with Crippen LogP contribution in [0, 0.1) is 0 Å². The third kappa shape index (κ3) is 3.00. The molecule has 2 aromatic heterocycles. The van der Waals surface area contributed by atoms with Gasteiger partial charge in [-0.15, -0.1) is 11.6 Å². The second-order valence-electron chi connectivity index (χ2n) is 4.13.